The summed E-state index contributed by atoms with van der Waals surface area (Å²) in [6.45, 7) is 6.91. The van der Waals surface area contributed by atoms with E-state index >= 15 is 0 Å². The van der Waals surface area contributed by atoms with Gasteiger partial charge < -0.3 is 23.8 Å². The smallest absolute Gasteiger partial charge is 0.271 e. The number of hydrogen-bond acceptors (Lipinski definition) is 9. The van der Waals surface area contributed by atoms with E-state index in [1.54, 1.807) is 80.2 Å². The number of benzene rings is 3. The van der Waals surface area contributed by atoms with Gasteiger partial charge in [0.25, 0.3) is 11.5 Å². The Bertz CT molecular complexity index is 2110. The number of fused-ring (bicyclic) bond motifs is 1. The van der Waals surface area contributed by atoms with E-state index in [4.69, 9.17) is 29.2 Å². The van der Waals surface area contributed by atoms with E-state index in [0.29, 0.717) is 77.9 Å². The number of aromatic nitrogens is 1. The van der Waals surface area contributed by atoms with Gasteiger partial charge in [0.15, 0.2) is 16.3 Å². The maximum Gasteiger partial charge on any atom is 0.271 e. The molecule has 0 bridgehead atoms. The lowest BCUT2D eigenvalue weighted by molar-refractivity contribution is -0.127. The van der Waals surface area contributed by atoms with Crippen molar-refractivity contribution in [3.8, 4) is 29.1 Å². The molecule has 48 heavy (non-hydrogen) atoms. The van der Waals surface area contributed by atoms with Crippen LogP contribution in [0.2, 0.25) is 0 Å². The summed E-state index contributed by atoms with van der Waals surface area (Å²) in [6, 6.07) is 17.4. The molecule has 1 atom stereocenters. The normalized spacial score (nSPS) is 14.1. The lowest BCUT2D eigenvalue weighted by atomic mass is 9.93. The van der Waals surface area contributed by atoms with Gasteiger partial charge in [-0.1, -0.05) is 23.5 Å². The van der Waals surface area contributed by atoms with Crippen LogP contribution >= 0.6 is 27.3 Å². The zero-order chi connectivity index (χ0) is 34.5. The van der Waals surface area contributed by atoms with Gasteiger partial charge in [-0.05, 0) is 96.4 Å². The minimum atomic E-state index is -0.805. The van der Waals surface area contributed by atoms with E-state index in [2.05, 4.69) is 22.0 Å². The number of carbonyl (C=O) groups is 1. The molecule has 0 saturated carbocycles. The first kappa shape index (κ1) is 34.5. The number of amides is 1. The number of hydrogen-bond donors (Lipinski definition) is 0. The van der Waals surface area contributed by atoms with Crippen molar-refractivity contribution in [3.05, 3.63) is 112 Å². The molecule has 1 aromatic heterocycles. The Kier molecular flexibility index (Phi) is 10.7. The lowest BCUT2D eigenvalue weighted by Gasteiger charge is -2.30. The fourth-order valence-electron chi connectivity index (χ4n) is 5.57. The van der Waals surface area contributed by atoms with Crippen molar-refractivity contribution in [1.82, 2.24) is 9.47 Å². The number of allylic oxidation sites excluding steroid dienone is 1. The second-order valence-corrected chi connectivity index (χ2v) is 12.7. The Hall–Kier alpha value is -4.86. The van der Waals surface area contributed by atoms with Crippen molar-refractivity contribution in [2.45, 2.75) is 33.4 Å². The molecule has 1 aliphatic rings. The quantitative estimate of drug-likeness (QED) is 0.205. The summed E-state index contributed by atoms with van der Waals surface area (Å²) in [5.41, 5.74) is 3.40. The summed E-state index contributed by atoms with van der Waals surface area (Å²) in [5, 5.41) is 9.07. The Labute approximate surface area is 290 Å². The molecule has 0 radical (unpaired) electrons. The molecular weight excluding hydrogens is 696 g/mol. The Morgan fingerprint density at radius 3 is 2.38 bits per heavy atom. The molecule has 5 rings (SSSR count). The molecule has 248 valence electrons. The van der Waals surface area contributed by atoms with Crippen LogP contribution in [-0.2, 0) is 11.4 Å². The van der Waals surface area contributed by atoms with Crippen LogP contribution in [-0.4, -0.2) is 49.8 Å². The van der Waals surface area contributed by atoms with Gasteiger partial charge in [-0.25, -0.2) is 4.99 Å². The highest BCUT2D eigenvalue weighted by Crippen LogP contribution is 2.39. The van der Waals surface area contributed by atoms with Gasteiger partial charge in [-0.15, -0.1) is 0 Å². The van der Waals surface area contributed by atoms with Gasteiger partial charge in [0.05, 0.1) is 53.2 Å². The van der Waals surface area contributed by atoms with Crippen LogP contribution in [0.3, 0.4) is 0 Å². The standard InChI is InChI=1S/C36H35BrN4O6S/c1-7-40(8-2)35(43)31-21(3)39-36-41(32(31)26-18-25(44-4)13-14-28(26)45-5)34(42)30(48-36)17-24-15-27(37)33(29(16-24)46-6)47-20-23-11-9-22(19-38)10-12-23/h9-18,32H,7-8,20H2,1-6H3/b30-17-/t32-/m0/s1. The van der Waals surface area contributed by atoms with Crippen molar-refractivity contribution in [1.29, 1.82) is 5.26 Å². The summed E-state index contributed by atoms with van der Waals surface area (Å²) < 4.78 is 25.7. The highest BCUT2D eigenvalue weighted by atomic mass is 79.9. The number of ether oxygens (including phenoxy) is 4. The second-order valence-electron chi connectivity index (χ2n) is 10.8. The number of nitriles is 1. The number of carbonyl (C=O) groups excluding carboxylic acids is 1. The van der Waals surface area contributed by atoms with Crippen LogP contribution < -0.4 is 33.8 Å². The van der Waals surface area contributed by atoms with Crippen molar-refractivity contribution >= 4 is 39.2 Å². The molecule has 2 heterocycles. The van der Waals surface area contributed by atoms with Crippen molar-refractivity contribution in [2.75, 3.05) is 34.4 Å². The summed E-state index contributed by atoms with van der Waals surface area (Å²) in [7, 11) is 4.67. The maximum absolute atomic E-state index is 14.3. The Morgan fingerprint density at radius 1 is 1.04 bits per heavy atom. The summed E-state index contributed by atoms with van der Waals surface area (Å²) >= 11 is 4.85. The molecule has 12 heteroatoms. The highest BCUT2D eigenvalue weighted by Gasteiger charge is 2.36. The number of methoxy groups -OCH3 is 3. The summed E-state index contributed by atoms with van der Waals surface area (Å²) in [4.78, 5) is 35.3. The van der Waals surface area contributed by atoms with Gasteiger partial charge >= 0.3 is 0 Å². The Morgan fingerprint density at radius 2 is 1.75 bits per heavy atom. The van der Waals surface area contributed by atoms with E-state index in [-0.39, 0.29) is 18.1 Å². The molecule has 10 nitrogen and oxygen atoms in total. The van der Waals surface area contributed by atoms with Crippen LogP contribution in [0.15, 0.2) is 80.1 Å². The highest BCUT2D eigenvalue weighted by molar-refractivity contribution is 9.10. The first-order chi connectivity index (χ1) is 23.2. The molecule has 0 unspecified atom stereocenters. The van der Waals surface area contributed by atoms with E-state index < -0.39 is 6.04 Å². The van der Waals surface area contributed by atoms with E-state index in [1.165, 1.54) is 11.3 Å². The molecule has 4 aromatic rings. The predicted molar refractivity (Wildman–Crippen MR) is 187 cm³/mol. The molecular formula is C36H35BrN4O6S. The summed E-state index contributed by atoms with van der Waals surface area (Å²) in [5.74, 6) is 1.85. The largest absolute Gasteiger partial charge is 0.497 e. The van der Waals surface area contributed by atoms with E-state index in [1.807, 2.05) is 32.0 Å². The van der Waals surface area contributed by atoms with Crippen LogP contribution in [0.25, 0.3) is 6.08 Å². The number of halogens is 1. The van der Waals surface area contributed by atoms with Crippen molar-refractivity contribution in [2.24, 2.45) is 4.99 Å². The average molecular weight is 732 g/mol. The molecule has 0 saturated heterocycles. The fourth-order valence-corrected chi connectivity index (χ4v) is 7.19. The third-order valence-corrected chi connectivity index (χ3v) is 9.62. The molecule has 1 aliphatic heterocycles. The molecule has 3 aromatic carbocycles. The minimum absolute atomic E-state index is 0.198. The van der Waals surface area contributed by atoms with Gasteiger partial charge in [0.2, 0.25) is 0 Å². The first-order valence-electron chi connectivity index (χ1n) is 15.2. The van der Waals surface area contributed by atoms with Crippen molar-refractivity contribution in [3.63, 3.8) is 0 Å². The van der Waals surface area contributed by atoms with Gasteiger partial charge in [-0.2, -0.15) is 5.26 Å². The lowest BCUT2D eigenvalue weighted by Crippen LogP contribution is -2.43. The SMILES string of the molecule is CCN(CC)C(=O)C1=C(C)N=c2s/c(=C\c3cc(Br)c(OCc4ccc(C#N)cc4)c(OC)c3)c(=O)n2[C@H]1c1cc(OC)ccc1OC. The number of rotatable bonds is 11. The molecule has 0 N–H and O–H groups in total. The maximum atomic E-state index is 14.3. The predicted octanol–water partition coefficient (Wildman–Crippen LogP) is 5.34. The van der Waals surface area contributed by atoms with Crippen LogP contribution in [0.4, 0.5) is 0 Å². The zero-order valence-corrected chi connectivity index (χ0v) is 29.9. The number of nitrogens with zero attached hydrogens (tertiary/aromatic N) is 4. The molecule has 0 aliphatic carbocycles. The fraction of sp³-hybridized carbons (Fsp3) is 0.278. The van der Waals surface area contributed by atoms with Crippen LogP contribution in [0.1, 0.15) is 49.1 Å². The van der Waals surface area contributed by atoms with Gasteiger partial charge in [0, 0.05) is 18.7 Å². The third-order valence-electron chi connectivity index (χ3n) is 8.05. The average Bonchev–Trinajstić information content (AvgIpc) is 3.40. The topological polar surface area (TPSA) is 115 Å². The minimum Gasteiger partial charge on any atom is -0.497 e. The molecule has 0 spiro atoms. The number of likely N-dealkylation sites (N-methyl/N-ethyl adjacent to an activating group) is 1. The number of thiazole rings is 1. The van der Waals surface area contributed by atoms with Gasteiger partial charge in [-0.3, -0.25) is 14.2 Å². The van der Waals surface area contributed by atoms with Crippen LogP contribution in [0, 0.1) is 11.3 Å². The summed E-state index contributed by atoms with van der Waals surface area (Å²) in [6.07, 6.45) is 1.77. The zero-order valence-electron chi connectivity index (χ0n) is 27.5. The van der Waals surface area contributed by atoms with E-state index in [0.717, 1.165) is 5.56 Å². The Balaban J connectivity index is 1.62. The van der Waals surface area contributed by atoms with Crippen LogP contribution in [0.5, 0.6) is 23.0 Å². The monoisotopic (exact) mass is 730 g/mol. The molecule has 0 fully saturated rings. The van der Waals surface area contributed by atoms with Crippen molar-refractivity contribution < 1.29 is 23.7 Å². The molecule has 1 amide bonds. The third kappa shape index (κ3) is 6.74. The van der Waals surface area contributed by atoms with Gasteiger partial charge in [0.1, 0.15) is 24.1 Å². The second kappa shape index (κ2) is 14.9. The van der Waals surface area contributed by atoms with E-state index in [9.17, 15) is 9.59 Å². The first-order valence-corrected chi connectivity index (χ1v) is 16.8.